The van der Waals surface area contributed by atoms with E-state index in [1.807, 2.05) is 30.3 Å². The largest absolute Gasteiger partial charge is 0.461 e. The van der Waals surface area contributed by atoms with Crippen LogP contribution >= 0.6 is 0 Å². The number of amides is 1. The van der Waals surface area contributed by atoms with E-state index >= 15 is 0 Å². The minimum absolute atomic E-state index is 0.0305. The van der Waals surface area contributed by atoms with Crippen LogP contribution in [0.5, 0.6) is 0 Å². The van der Waals surface area contributed by atoms with Crippen LogP contribution in [-0.2, 0) is 20.9 Å². The predicted molar refractivity (Wildman–Crippen MR) is 57.8 cm³/mol. The van der Waals surface area contributed by atoms with Crippen LogP contribution in [0.4, 0.5) is 0 Å². The van der Waals surface area contributed by atoms with Gasteiger partial charge in [-0.2, -0.15) is 0 Å². The molecule has 1 fully saturated rings. The summed E-state index contributed by atoms with van der Waals surface area (Å²) in [6.07, 6.45) is 0.0305. The van der Waals surface area contributed by atoms with Crippen molar-refractivity contribution in [2.45, 2.75) is 13.0 Å². The topological polar surface area (TPSA) is 66.8 Å². The van der Waals surface area contributed by atoms with E-state index in [1.165, 1.54) is 0 Å². The smallest absolute Gasteiger partial charge is 0.307 e. The van der Waals surface area contributed by atoms with Gasteiger partial charge in [0.15, 0.2) is 0 Å². The van der Waals surface area contributed by atoms with E-state index in [1.54, 1.807) is 0 Å². The Labute approximate surface area is 98.6 Å². The summed E-state index contributed by atoms with van der Waals surface area (Å²) < 4.78 is 5.03. The Balaban J connectivity index is 1.73. The molecule has 5 nitrogen and oxygen atoms in total. The van der Waals surface area contributed by atoms with Gasteiger partial charge in [-0.25, -0.2) is 5.06 Å². The van der Waals surface area contributed by atoms with E-state index in [0.29, 0.717) is 5.06 Å². The van der Waals surface area contributed by atoms with Gasteiger partial charge in [-0.05, 0) is 5.56 Å². The van der Waals surface area contributed by atoms with Crippen molar-refractivity contribution >= 4 is 11.9 Å². The monoisotopic (exact) mass is 235 g/mol. The van der Waals surface area contributed by atoms with Crippen LogP contribution in [-0.4, -0.2) is 28.7 Å². The van der Waals surface area contributed by atoms with Gasteiger partial charge in [0, 0.05) is 0 Å². The number of hydroxylamine groups is 2. The van der Waals surface area contributed by atoms with Crippen LogP contribution < -0.4 is 0 Å². The fraction of sp³-hybridized carbons (Fsp3) is 0.333. The molecule has 5 heteroatoms. The molecule has 0 bridgehead atoms. The minimum atomic E-state index is -0.428. The second kappa shape index (κ2) is 4.97. The standard InChI is InChI=1S/C12H13NO4/c14-11(6-10-7-13(16)12(10)15)17-8-9-4-2-1-3-5-9/h1-5,10,16H,6-8H2/t10-/m1/s1. The van der Waals surface area contributed by atoms with Gasteiger partial charge in [-0.3, -0.25) is 14.8 Å². The maximum atomic E-state index is 11.4. The predicted octanol–water partition coefficient (Wildman–Crippen LogP) is 0.967. The Kier molecular flexibility index (Phi) is 3.39. The number of ether oxygens (including phenoxy) is 1. The molecule has 1 aliphatic rings. The first kappa shape index (κ1) is 11.6. The van der Waals surface area contributed by atoms with Gasteiger partial charge in [-0.1, -0.05) is 30.3 Å². The Morgan fingerprint density at radius 1 is 1.41 bits per heavy atom. The highest BCUT2D eigenvalue weighted by molar-refractivity contribution is 5.87. The lowest BCUT2D eigenvalue weighted by molar-refractivity contribution is -0.199. The molecule has 1 N–H and O–H groups in total. The summed E-state index contributed by atoms with van der Waals surface area (Å²) in [5.41, 5.74) is 0.907. The maximum Gasteiger partial charge on any atom is 0.307 e. The van der Waals surface area contributed by atoms with Gasteiger partial charge < -0.3 is 4.74 Å². The average molecular weight is 235 g/mol. The fourth-order valence-electron chi connectivity index (χ4n) is 1.63. The molecule has 0 spiro atoms. The van der Waals surface area contributed by atoms with E-state index in [4.69, 9.17) is 9.94 Å². The summed E-state index contributed by atoms with van der Waals surface area (Å²) >= 11 is 0. The van der Waals surface area contributed by atoms with Gasteiger partial charge in [0.05, 0.1) is 18.9 Å². The zero-order chi connectivity index (χ0) is 12.3. The molecule has 1 aromatic carbocycles. The highest BCUT2D eigenvalue weighted by Crippen LogP contribution is 2.19. The normalized spacial score (nSPS) is 18.8. The molecule has 0 aromatic heterocycles. The lowest BCUT2D eigenvalue weighted by Gasteiger charge is -2.32. The second-order valence-corrected chi connectivity index (χ2v) is 3.97. The van der Waals surface area contributed by atoms with Gasteiger partial charge in [0.25, 0.3) is 5.91 Å². The summed E-state index contributed by atoms with van der Waals surface area (Å²) in [7, 11) is 0. The van der Waals surface area contributed by atoms with Crippen molar-refractivity contribution in [3.8, 4) is 0 Å². The Morgan fingerprint density at radius 2 is 2.12 bits per heavy atom. The summed E-state index contributed by atoms with van der Waals surface area (Å²) in [6.45, 7) is 0.419. The van der Waals surface area contributed by atoms with Gasteiger partial charge >= 0.3 is 5.97 Å². The molecule has 1 saturated heterocycles. The highest BCUT2D eigenvalue weighted by Gasteiger charge is 2.37. The van der Waals surface area contributed by atoms with Crippen molar-refractivity contribution in [3.63, 3.8) is 0 Å². The molecule has 1 aliphatic heterocycles. The van der Waals surface area contributed by atoms with Crippen molar-refractivity contribution in [1.29, 1.82) is 0 Å². The van der Waals surface area contributed by atoms with Gasteiger partial charge in [0.2, 0.25) is 0 Å². The quantitative estimate of drug-likeness (QED) is 0.479. The third kappa shape index (κ3) is 2.82. The molecule has 2 rings (SSSR count). The van der Waals surface area contributed by atoms with Crippen LogP contribution in [0.15, 0.2) is 30.3 Å². The summed E-state index contributed by atoms with van der Waals surface area (Å²) in [5, 5.41) is 9.45. The molecule has 1 amide bonds. The molecule has 1 atom stereocenters. The lowest BCUT2D eigenvalue weighted by atomic mass is 9.98. The highest BCUT2D eigenvalue weighted by atomic mass is 16.5. The summed E-state index contributed by atoms with van der Waals surface area (Å²) in [4.78, 5) is 22.4. The van der Waals surface area contributed by atoms with E-state index in [0.717, 1.165) is 5.56 Å². The number of carbonyl (C=O) groups is 2. The first-order chi connectivity index (χ1) is 8.16. The Hall–Kier alpha value is -1.88. The molecule has 90 valence electrons. The molecular weight excluding hydrogens is 222 g/mol. The average Bonchev–Trinajstić information content (AvgIpc) is 2.37. The molecule has 0 saturated carbocycles. The van der Waals surface area contributed by atoms with Crippen LogP contribution in [0.3, 0.4) is 0 Å². The number of β-lactam (4-membered cyclic amide) rings is 1. The first-order valence-electron chi connectivity index (χ1n) is 5.36. The summed E-state index contributed by atoms with van der Waals surface area (Å²) in [5.74, 6) is -1.26. The van der Waals surface area contributed by atoms with Crippen LogP contribution in [0.2, 0.25) is 0 Å². The van der Waals surface area contributed by atoms with E-state index in [9.17, 15) is 9.59 Å². The first-order valence-corrected chi connectivity index (χ1v) is 5.36. The molecular formula is C12H13NO4. The van der Waals surface area contributed by atoms with Crippen molar-refractivity contribution < 1.29 is 19.5 Å². The SMILES string of the molecule is O=C(C[C@@H]1CN(O)C1=O)OCc1ccccc1. The van der Waals surface area contributed by atoms with Crippen molar-refractivity contribution in [2.75, 3.05) is 6.54 Å². The minimum Gasteiger partial charge on any atom is -0.461 e. The van der Waals surface area contributed by atoms with E-state index < -0.39 is 17.8 Å². The van der Waals surface area contributed by atoms with Crippen LogP contribution in [0.25, 0.3) is 0 Å². The lowest BCUT2D eigenvalue weighted by Crippen LogP contribution is -2.51. The van der Waals surface area contributed by atoms with E-state index in [-0.39, 0.29) is 19.6 Å². The number of nitrogens with zero attached hydrogens (tertiary/aromatic N) is 1. The zero-order valence-electron chi connectivity index (χ0n) is 9.20. The fourth-order valence-corrected chi connectivity index (χ4v) is 1.63. The molecule has 0 radical (unpaired) electrons. The number of esters is 1. The number of benzene rings is 1. The summed E-state index contributed by atoms with van der Waals surface area (Å²) in [6, 6.07) is 9.33. The molecule has 0 unspecified atom stereocenters. The number of hydrogen-bond acceptors (Lipinski definition) is 4. The second-order valence-electron chi connectivity index (χ2n) is 3.97. The van der Waals surface area contributed by atoms with Crippen molar-refractivity contribution in [3.05, 3.63) is 35.9 Å². The molecule has 17 heavy (non-hydrogen) atoms. The molecule has 0 aliphatic carbocycles. The van der Waals surface area contributed by atoms with E-state index in [2.05, 4.69) is 0 Å². The van der Waals surface area contributed by atoms with Crippen molar-refractivity contribution in [2.24, 2.45) is 5.92 Å². The Morgan fingerprint density at radius 3 is 2.71 bits per heavy atom. The maximum absolute atomic E-state index is 11.4. The zero-order valence-corrected chi connectivity index (χ0v) is 9.20. The Bertz CT molecular complexity index is 418. The number of hydrogen-bond donors (Lipinski definition) is 1. The van der Waals surface area contributed by atoms with Crippen LogP contribution in [0.1, 0.15) is 12.0 Å². The van der Waals surface area contributed by atoms with Crippen LogP contribution in [0, 0.1) is 5.92 Å². The van der Waals surface area contributed by atoms with Gasteiger partial charge in [0.1, 0.15) is 6.61 Å². The number of carbonyl (C=O) groups excluding carboxylic acids is 2. The number of rotatable bonds is 4. The molecule has 1 aromatic rings. The van der Waals surface area contributed by atoms with Gasteiger partial charge in [-0.15, -0.1) is 0 Å². The third-order valence-corrected chi connectivity index (χ3v) is 2.65. The van der Waals surface area contributed by atoms with Crippen molar-refractivity contribution in [1.82, 2.24) is 5.06 Å². The third-order valence-electron chi connectivity index (χ3n) is 2.65. The molecule has 1 heterocycles.